The van der Waals surface area contributed by atoms with Crippen LogP contribution in [0.2, 0.25) is 0 Å². The van der Waals surface area contributed by atoms with Gasteiger partial charge in [-0.2, -0.15) is 0 Å². The maximum absolute atomic E-state index is 19.0. The van der Waals surface area contributed by atoms with Gasteiger partial charge in [0.05, 0.1) is 36.5 Å². The molecule has 0 aliphatic carbocycles. The number of hydrogen-bond acceptors (Lipinski definition) is 2. The number of anilines is 6. The highest BCUT2D eigenvalue weighted by Gasteiger charge is 2.32. The summed E-state index contributed by atoms with van der Waals surface area (Å²) in [4.78, 5) is 2.95. The van der Waals surface area contributed by atoms with Crippen LogP contribution in [0.3, 0.4) is 0 Å². The molecule has 12 aromatic carbocycles. The van der Waals surface area contributed by atoms with Crippen molar-refractivity contribution < 1.29 is 22.5 Å². The zero-order valence-electron chi connectivity index (χ0n) is 59.8. The van der Waals surface area contributed by atoms with E-state index in [1.54, 1.807) is 12.1 Å². The van der Waals surface area contributed by atoms with E-state index in [9.17, 15) is 11.0 Å². The van der Waals surface area contributed by atoms with Crippen molar-refractivity contribution in [2.45, 2.75) is 105 Å². The minimum absolute atomic E-state index is 0.0672. The van der Waals surface area contributed by atoms with Crippen LogP contribution in [0.25, 0.3) is 76.8 Å². The van der Waals surface area contributed by atoms with E-state index in [-0.39, 0.29) is 45.0 Å². The molecule has 0 atom stereocenters. The molecule has 0 aromatic heterocycles. The van der Waals surface area contributed by atoms with Gasteiger partial charge in [-0.1, -0.05) is 253 Å². The van der Waals surface area contributed by atoms with Crippen molar-refractivity contribution in [1.82, 2.24) is 0 Å². The van der Waals surface area contributed by atoms with Gasteiger partial charge in [0.1, 0.15) is 11.6 Å². The Labute approximate surface area is 510 Å². The first-order chi connectivity index (χ1) is 44.2. The predicted octanol–water partition coefficient (Wildman–Crippen LogP) is 23.7. The maximum Gasteiger partial charge on any atom is 0.148 e. The summed E-state index contributed by atoms with van der Waals surface area (Å²) >= 11 is 0. The average molecular weight is 1110 g/mol. The Morgan fingerprint density at radius 3 is 0.952 bits per heavy atom. The molecule has 0 unspecified atom stereocenters. The van der Waals surface area contributed by atoms with Crippen LogP contribution in [0.15, 0.2) is 230 Å². The van der Waals surface area contributed by atoms with E-state index >= 15 is 8.78 Å². The SMILES string of the molecule is [2H]c1c([2H])c([2H])c(N(c2c(F)cc(-c3ccccc3C(C)(C)C)cc2-c2ccccc2C(C)(C)C)c2ccc3ccc4c(N(c5c(F)cc(-c6ccccc6C(C)(C)C)cc5-c5ccccc5C(C)(C)C)c5c([2H])c([2H])c([2H])c([2H])c5[2H])ccc5ccc2c3c54)c([2H])c1[2H]. The molecular weight excluding hydrogens is 1030 g/mol. The largest absolute Gasteiger partial charge is 0.307 e. The molecule has 84 heavy (non-hydrogen) atoms. The number of hydrogen-bond donors (Lipinski definition) is 0. The summed E-state index contributed by atoms with van der Waals surface area (Å²) in [5.41, 5.74) is 6.64. The van der Waals surface area contributed by atoms with Gasteiger partial charge < -0.3 is 9.80 Å². The van der Waals surface area contributed by atoms with Crippen molar-refractivity contribution in [2.75, 3.05) is 9.80 Å². The van der Waals surface area contributed by atoms with E-state index in [1.807, 2.05) is 146 Å². The van der Waals surface area contributed by atoms with Crippen molar-refractivity contribution in [3.05, 3.63) is 264 Å². The molecule has 0 saturated heterocycles. The van der Waals surface area contributed by atoms with Crippen LogP contribution < -0.4 is 9.80 Å². The highest BCUT2D eigenvalue weighted by Crippen LogP contribution is 2.54. The summed E-state index contributed by atoms with van der Waals surface area (Å²) < 4.78 is 131. The molecule has 0 aliphatic heterocycles. The van der Waals surface area contributed by atoms with Gasteiger partial charge in [0.25, 0.3) is 0 Å². The van der Waals surface area contributed by atoms with Gasteiger partial charge in [-0.15, -0.1) is 0 Å². The van der Waals surface area contributed by atoms with E-state index < -0.39 is 82.9 Å². The topological polar surface area (TPSA) is 6.48 Å². The molecule has 0 aliphatic rings. The Morgan fingerprint density at radius 2 is 0.619 bits per heavy atom. The summed E-state index contributed by atoms with van der Waals surface area (Å²) in [6.45, 7) is 25.1. The molecule has 12 rings (SSSR count). The van der Waals surface area contributed by atoms with Gasteiger partial charge in [-0.3, -0.25) is 0 Å². The van der Waals surface area contributed by atoms with Crippen molar-refractivity contribution in [1.29, 1.82) is 0 Å². The maximum atomic E-state index is 19.0. The standard InChI is InChI=1S/C80H74F2N2/c1-77(2,3)65-35-23-19-31-57(65)53-47-63(59-33-21-25-37-67(59)79(7,8)9)75(69(81)49-53)83(55-27-15-13-16-28-55)71-45-41-51-40-44-62-72(46-42-52-39-43-61(71)73(51)74(52)62)84(56-29-17-14-18-30-56)76-64(60-34-22-26-38-68(60)80(10,11)12)48-54(50-70(76)82)58-32-20-24-36-66(58)78(4,5)6/h13-50H,1-12H3/i13D,14D,15D,16D,17D,18D,27D,28D,29D,30D. The van der Waals surface area contributed by atoms with Gasteiger partial charge in [0, 0.05) is 33.3 Å². The Bertz CT molecular complexity index is 4690. The van der Waals surface area contributed by atoms with Crippen LogP contribution >= 0.6 is 0 Å². The average Bonchev–Trinajstić information content (AvgIpc) is 0.714. The number of para-hydroxylation sites is 2. The molecule has 4 heteroatoms. The van der Waals surface area contributed by atoms with Crippen molar-refractivity contribution in [2.24, 2.45) is 0 Å². The van der Waals surface area contributed by atoms with Crippen molar-refractivity contribution in [3.8, 4) is 44.5 Å². The smallest absolute Gasteiger partial charge is 0.148 e. The van der Waals surface area contributed by atoms with E-state index in [1.165, 1.54) is 21.9 Å². The summed E-state index contributed by atoms with van der Waals surface area (Å²) in [6, 6.07) is 46.9. The fourth-order valence-electron chi connectivity index (χ4n) is 12.5. The monoisotopic (exact) mass is 1110 g/mol. The minimum atomic E-state index is -0.729. The van der Waals surface area contributed by atoms with Crippen molar-refractivity contribution in [3.63, 3.8) is 0 Å². The molecule has 2 nitrogen and oxygen atoms in total. The molecule has 0 bridgehead atoms. The normalized spacial score (nSPS) is 14.1. The Balaban J connectivity index is 1.22. The van der Waals surface area contributed by atoms with Crippen LogP contribution in [0.5, 0.6) is 0 Å². The summed E-state index contributed by atoms with van der Waals surface area (Å²) in [6.07, 6.45) is 0. The molecule has 0 N–H and O–H groups in total. The lowest BCUT2D eigenvalue weighted by Gasteiger charge is -2.33. The Morgan fingerprint density at radius 1 is 0.321 bits per heavy atom. The van der Waals surface area contributed by atoms with E-state index in [0.29, 0.717) is 65.7 Å². The lowest BCUT2D eigenvalue weighted by atomic mass is 9.79. The van der Waals surface area contributed by atoms with E-state index in [2.05, 4.69) is 83.1 Å². The quantitative estimate of drug-likeness (QED) is 0.126. The van der Waals surface area contributed by atoms with Crippen molar-refractivity contribution >= 4 is 66.4 Å². The molecule has 0 saturated carbocycles. The molecule has 0 amide bonds. The first-order valence-electron chi connectivity index (χ1n) is 33.7. The number of rotatable bonds is 10. The molecule has 0 spiro atoms. The fraction of sp³-hybridized carbons (Fsp3) is 0.200. The summed E-state index contributed by atoms with van der Waals surface area (Å²) in [5, 5.41) is 3.58. The number of benzene rings is 12. The third-order valence-electron chi connectivity index (χ3n) is 16.2. The second-order valence-corrected chi connectivity index (χ2v) is 26.1. The second kappa shape index (κ2) is 21.1. The molecule has 0 radical (unpaired) electrons. The van der Waals surface area contributed by atoms with E-state index in [4.69, 9.17) is 2.74 Å². The summed E-state index contributed by atoms with van der Waals surface area (Å²) in [5.74, 6) is -1.46. The van der Waals surface area contributed by atoms with Crippen LogP contribution in [-0.4, -0.2) is 0 Å². The first kappa shape index (κ1) is 44.7. The van der Waals surface area contributed by atoms with Crippen LogP contribution in [0.1, 0.15) is 119 Å². The molecule has 0 heterocycles. The molecule has 418 valence electrons. The number of nitrogens with zero attached hydrogens (tertiary/aromatic N) is 2. The first-order valence-corrected chi connectivity index (χ1v) is 28.7. The van der Waals surface area contributed by atoms with Crippen LogP contribution in [0, 0.1) is 11.6 Å². The predicted molar refractivity (Wildman–Crippen MR) is 356 cm³/mol. The van der Waals surface area contributed by atoms with Gasteiger partial charge in [-0.05, 0) is 159 Å². The number of halogens is 2. The summed E-state index contributed by atoms with van der Waals surface area (Å²) in [7, 11) is 0. The van der Waals surface area contributed by atoms with Gasteiger partial charge >= 0.3 is 0 Å². The highest BCUT2D eigenvalue weighted by molar-refractivity contribution is 6.28. The lowest BCUT2D eigenvalue weighted by molar-refractivity contribution is 0.591. The minimum Gasteiger partial charge on any atom is -0.307 e. The molecule has 12 aromatic rings. The Hall–Kier alpha value is -8.86. The molecule has 0 fully saturated rings. The Kier molecular flexibility index (Phi) is 11.2. The third kappa shape index (κ3) is 10.00. The van der Waals surface area contributed by atoms with Gasteiger partial charge in [0.15, 0.2) is 0 Å². The zero-order valence-corrected chi connectivity index (χ0v) is 49.8. The van der Waals surface area contributed by atoms with Gasteiger partial charge in [-0.25, -0.2) is 8.78 Å². The van der Waals surface area contributed by atoms with Crippen LogP contribution in [0.4, 0.5) is 42.9 Å². The second-order valence-electron chi connectivity index (χ2n) is 26.1. The third-order valence-corrected chi connectivity index (χ3v) is 16.2. The molecular formula is C80H74F2N2. The van der Waals surface area contributed by atoms with E-state index in [0.717, 1.165) is 33.4 Å². The zero-order chi connectivity index (χ0) is 67.7. The highest BCUT2D eigenvalue weighted by atomic mass is 19.1. The lowest BCUT2D eigenvalue weighted by Crippen LogP contribution is -2.17. The fourth-order valence-corrected chi connectivity index (χ4v) is 12.5. The van der Waals surface area contributed by atoms with Gasteiger partial charge in [0.2, 0.25) is 0 Å². The van der Waals surface area contributed by atoms with Crippen LogP contribution in [-0.2, 0) is 21.7 Å².